The Morgan fingerprint density at radius 2 is 1.31 bits per heavy atom. The summed E-state index contributed by atoms with van der Waals surface area (Å²) in [6.45, 7) is 2.39. The highest BCUT2D eigenvalue weighted by Gasteiger charge is 2.19. The van der Waals surface area contributed by atoms with Crippen LogP contribution in [0.2, 0.25) is 0 Å². The van der Waals surface area contributed by atoms with Gasteiger partial charge in [-0.05, 0) is 42.3 Å². The Kier molecular flexibility index (Phi) is 9.92. The predicted octanol–water partition coefficient (Wildman–Crippen LogP) is 6.11. The van der Waals surface area contributed by atoms with Crippen LogP contribution in [0.15, 0.2) is 114 Å². The highest BCUT2D eigenvalue weighted by atomic mass is 32.2. The fourth-order valence-electron chi connectivity index (χ4n) is 3.87. The van der Waals surface area contributed by atoms with Crippen molar-refractivity contribution in [2.45, 2.75) is 24.9 Å². The Hall–Kier alpha value is -4.36. The minimum atomic E-state index is -0.607. The zero-order valence-electron chi connectivity index (χ0n) is 21.7. The van der Waals surface area contributed by atoms with Gasteiger partial charge >= 0.3 is 5.97 Å². The lowest BCUT2D eigenvalue weighted by Gasteiger charge is -2.23. The highest BCUT2D eigenvalue weighted by molar-refractivity contribution is 8.00. The van der Waals surface area contributed by atoms with E-state index in [1.165, 1.54) is 11.8 Å². The van der Waals surface area contributed by atoms with Crippen LogP contribution in [-0.2, 0) is 27.4 Å². The summed E-state index contributed by atoms with van der Waals surface area (Å²) in [6, 6.07) is 33.9. The van der Waals surface area contributed by atoms with Crippen molar-refractivity contribution in [1.29, 1.82) is 0 Å². The number of aryl methyl sites for hydroxylation is 1. The zero-order valence-corrected chi connectivity index (χ0v) is 22.5. The van der Waals surface area contributed by atoms with E-state index in [0.717, 1.165) is 16.7 Å². The Morgan fingerprint density at radius 1 is 0.744 bits per heavy atom. The zero-order chi connectivity index (χ0) is 27.5. The topological polar surface area (TPSA) is 75.7 Å². The lowest BCUT2D eigenvalue weighted by Crippen LogP contribution is -2.34. The second-order valence-corrected chi connectivity index (χ2v) is 10.0. The first-order valence-corrected chi connectivity index (χ1v) is 13.6. The molecule has 4 rings (SSSR count). The molecule has 0 bridgehead atoms. The minimum Gasteiger partial charge on any atom is -0.452 e. The van der Waals surface area contributed by atoms with Crippen LogP contribution in [0.1, 0.15) is 27.0 Å². The fraction of sp³-hybridized carbons (Fsp3) is 0.156. The lowest BCUT2D eigenvalue weighted by atomic mass is 10.1. The number of carbonyl (C=O) groups is 3. The van der Waals surface area contributed by atoms with Gasteiger partial charge in [0.05, 0.1) is 11.3 Å². The van der Waals surface area contributed by atoms with E-state index in [2.05, 4.69) is 5.32 Å². The quantitative estimate of drug-likeness (QED) is 0.184. The Balaban J connectivity index is 1.36. The molecule has 0 heterocycles. The molecule has 0 saturated heterocycles. The number of hydrogen-bond acceptors (Lipinski definition) is 5. The average Bonchev–Trinajstić information content (AvgIpc) is 2.97. The molecular weight excluding hydrogens is 508 g/mol. The molecule has 0 saturated carbocycles. The van der Waals surface area contributed by atoms with Gasteiger partial charge < -0.3 is 15.0 Å². The van der Waals surface area contributed by atoms with E-state index in [1.807, 2.05) is 91.9 Å². The summed E-state index contributed by atoms with van der Waals surface area (Å²) in [7, 11) is 0. The van der Waals surface area contributed by atoms with Crippen molar-refractivity contribution in [3.63, 3.8) is 0 Å². The molecule has 4 aromatic rings. The highest BCUT2D eigenvalue weighted by Crippen LogP contribution is 2.24. The van der Waals surface area contributed by atoms with Crippen molar-refractivity contribution in [3.8, 4) is 0 Å². The summed E-state index contributed by atoms with van der Waals surface area (Å²) in [4.78, 5) is 40.9. The first-order chi connectivity index (χ1) is 19.0. The summed E-state index contributed by atoms with van der Waals surface area (Å²) in [6.07, 6.45) is 0. The van der Waals surface area contributed by atoms with Crippen molar-refractivity contribution < 1.29 is 19.1 Å². The van der Waals surface area contributed by atoms with Crippen molar-refractivity contribution in [2.75, 3.05) is 17.7 Å². The number of carbonyl (C=O) groups excluding carboxylic acids is 3. The first kappa shape index (κ1) is 27.7. The van der Waals surface area contributed by atoms with Crippen molar-refractivity contribution in [3.05, 3.63) is 131 Å². The van der Waals surface area contributed by atoms with E-state index in [0.29, 0.717) is 29.2 Å². The number of benzene rings is 4. The molecule has 39 heavy (non-hydrogen) atoms. The van der Waals surface area contributed by atoms with E-state index in [-0.39, 0.29) is 24.2 Å². The summed E-state index contributed by atoms with van der Waals surface area (Å²) in [5.74, 6) is -0.956. The average molecular weight is 539 g/mol. The summed E-state index contributed by atoms with van der Waals surface area (Å²) in [5, 5.41) is 2.85. The number of nitrogens with one attached hydrogen (secondary N) is 1. The molecule has 2 amide bonds. The molecule has 0 aliphatic rings. The third-order valence-electron chi connectivity index (χ3n) is 5.91. The number of nitrogens with zero attached hydrogens (tertiary/aromatic N) is 1. The van der Waals surface area contributed by atoms with E-state index < -0.39 is 5.97 Å². The molecule has 0 radical (unpaired) electrons. The molecule has 0 aromatic heterocycles. The van der Waals surface area contributed by atoms with Crippen LogP contribution >= 0.6 is 11.8 Å². The molecule has 6 nitrogen and oxygen atoms in total. The molecule has 7 heteroatoms. The molecule has 4 aromatic carbocycles. The molecule has 0 fully saturated rings. The van der Waals surface area contributed by atoms with Gasteiger partial charge in [0.15, 0.2) is 6.61 Å². The fourth-order valence-corrected chi connectivity index (χ4v) is 4.72. The number of esters is 1. The van der Waals surface area contributed by atoms with Crippen LogP contribution in [0.25, 0.3) is 0 Å². The van der Waals surface area contributed by atoms with Crippen molar-refractivity contribution in [1.82, 2.24) is 4.90 Å². The number of rotatable bonds is 11. The van der Waals surface area contributed by atoms with Crippen LogP contribution < -0.4 is 5.32 Å². The van der Waals surface area contributed by atoms with E-state index in [1.54, 1.807) is 29.2 Å². The van der Waals surface area contributed by atoms with Gasteiger partial charge in [-0.25, -0.2) is 4.79 Å². The van der Waals surface area contributed by atoms with Crippen LogP contribution in [0.3, 0.4) is 0 Å². The lowest BCUT2D eigenvalue weighted by molar-refractivity contribution is -0.135. The van der Waals surface area contributed by atoms with Gasteiger partial charge in [-0.1, -0.05) is 90.5 Å². The molecular formula is C32H30N2O4S. The molecule has 0 aliphatic heterocycles. The largest absolute Gasteiger partial charge is 0.452 e. The molecule has 0 aliphatic carbocycles. The SMILES string of the molecule is Cc1ccc(NC(=O)CSc2ccccc2C(=O)OCC(=O)N(Cc2ccccc2)Cc2ccccc2)cc1. The third kappa shape index (κ3) is 8.58. The monoisotopic (exact) mass is 538 g/mol. The summed E-state index contributed by atoms with van der Waals surface area (Å²) in [5.41, 5.74) is 4.11. The Bertz CT molecular complexity index is 1350. The summed E-state index contributed by atoms with van der Waals surface area (Å²) >= 11 is 1.24. The standard InChI is InChI=1S/C32H30N2O4S/c1-24-16-18-27(19-17-24)33-30(35)23-39-29-15-9-8-14-28(29)32(37)38-22-31(36)34(20-25-10-4-2-5-11-25)21-26-12-6-3-7-13-26/h2-19H,20-23H2,1H3,(H,33,35). The number of thioether (sulfide) groups is 1. The third-order valence-corrected chi connectivity index (χ3v) is 6.99. The van der Waals surface area contributed by atoms with Crippen LogP contribution in [-0.4, -0.2) is 35.0 Å². The molecule has 198 valence electrons. The Morgan fingerprint density at radius 3 is 1.92 bits per heavy atom. The normalized spacial score (nSPS) is 10.5. The van der Waals surface area contributed by atoms with Gasteiger partial charge in [0, 0.05) is 23.7 Å². The smallest absolute Gasteiger partial charge is 0.339 e. The minimum absolute atomic E-state index is 0.124. The molecule has 0 atom stereocenters. The second-order valence-electron chi connectivity index (χ2n) is 9.00. The van der Waals surface area contributed by atoms with E-state index >= 15 is 0 Å². The van der Waals surface area contributed by atoms with Crippen molar-refractivity contribution >= 4 is 35.2 Å². The van der Waals surface area contributed by atoms with Gasteiger partial charge in [-0.15, -0.1) is 11.8 Å². The van der Waals surface area contributed by atoms with Gasteiger partial charge in [-0.3, -0.25) is 9.59 Å². The van der Waals surface area contributed by atoms with Crippen LogP contribution in [0.4, 0.5) is 5.69 Å². The molecule has 0 unspecified atom stereocenters. The Labute approximate surface area is 233 Å². The van der Waals surface area contributed by atoms with Crippen molar-refractivity contribution in [2.24, 2.45) is 0 Å². The van der Waals surface area contributed by atoms with Crippen LogP contribution in [0, 0.1) is 6.92 Å². The molecule has 1 N–H and O–H groups in total. The predicted molar refractivity (Wildman–Crippen MR) is 154 cm³/mol. The number of amides is 2. The second kappa shape index (κ2) is 14.0. The maximum absolute atomic E-state index is 13.2. The first-order valence-electron chi connectivity index (χ1n) is 12.6. The maximum Gasteiger partial charge on any atom is 0.339 e. The summed E-state index contributed by atoms with van der Waals surface area (Å²) < 4.78 is 5.46. The van der Waals surface area contributed by atoms with Gasteiger partial charge in [0.1, 0.15) is 0 Å². The van der Waals surface area contributed by atoms with Gasteiger partial charge in [0.2, 0.25) is 5.91 Å². The van der Waals surface area contributed by atoms with E-state index in [4.69, 9.17) is 4.74 Å². The van der Waals surface area contributed by atoms with Gasteiger partial charge in [0.25, 0.3) is 5.91 Å². The van der Waals surface area contributed by atoms with Gasteiger partial charge in [-0.2, -0.15) is 0 Å². The number of anilines is 1. The number of hydrogen-bond donors (Lipinski definition) is 1. The molecule has 0 spiro atoms. The number of ether oxygens (including phenoxy) is 1. The van der Waals surface area contributed by atoms with E-state index in [9.17, 15) is 14.4 Å². The maximum atomic E-state index is 13.2. The van der Waals surface area contributed by atoms with Crippen LogP contribution in [0.5, 0.6) is 0 Å².